The van der Waals surface area contributed by atoms with E-state index in [4.69, 9.17) is 0 Å². The summed E-state index contributed by atoms with van der Waals surface area (Å²) in [5, 5.41) is 7.73. The zero-order valence-electron chi connectivity index (χ0n) is 10.5. The molecular formula is C14H13N5. The SMILES string of the molecule is Cn1ncc2c1-c1cc(-c3ccncc3)[nH]c1NC2. The zero-order valence-corrected chi connectivity index (χ0v) is 10.5. The highest BCUT2D eigenvalue weighted by Gasteiger charge is 2.22. The Morgan fingerprint density at radius 2 is 2.11 bits per heavy atom. The predicted molar refractivity (Wildman–Crippen MR) is 73.6 cm³/mol. The summed E-state index contributed by atoms with van der Waals surface area (Å²) in [5.74, 6) is 1.06. The molecule has 0 aromatic carbocycles. The van der Waals surface area contributed by atoms with Gasteiger partial charge in [-0.05, 0) is 18.2 Å². The lowest BCUT2D eigenvalue weighted by molar-refractivity contribution is 0.775. The number of hydrogen-bond acceptors (Lipinski definition) is 3. The first kappa shape index (κ1) is 10.4. The van der Waals surface area contributed by atoms with Crippen LogP contribution < -0.4 is 5.32 Å². The second-order valence-corrected chi connectivity index (χ2v) is 4.70. The highest BCUT2D eigenvalue weighted by molar-refractivity contribution is 5.83. The topological polar surface area (TPSA) is 58.5 Å². The lowest BCUT2D eigenvalue weighted by Crippen LogP contribution is -2.08. The van der Waals surface area contributed by atoms with E-state index in [-0.39, 0.29) is 0 Å². The Bertz CT molecular complexity index is 739. The number of aryl methyl sites for hydroxylation is 1. The van der Waals surface area contributed by atoms with Crippen molar-refractivity contribution < 1.29 is 0 Å². The van der Waals surface area contributed by atoms with E-state index in [1.165, 1.54) is 16.8 Å². The average Bonchev–Trinajstić information content (AvgIpc) is 3.03. The van der Waals surface area contributed by atoms with Crippen molar-refractivity contribution in [1.29, 1.82) is 0 Å². The molecule has 19 heavy (non-hydrogen) atoms. The van der Waals surface area contributed by atoms with Crippen molar-refractivity contribution in [1.82, 2.24) is 19.7 Å². The highest BCUT2D eigenvalue weighted by Crippen LogP contribution is 2.37. The smallest absolute Gasteiger partial charge is 0.113 e. The molecule has 0 atom stereocenters. The minimum Gasteiger partial charge on any atom is -0.367 e. The van der Waals surface area contributed by atoms with Gasteiger partial charge in [-0.15, -0.1) is 0 Å². The van der Waals surface area contributed by atoms with Crippen molar-refractivity contribution in [2.45, 2.75) is 6.54 Å². The lowest BCUT2D eigenvalue weighted by atomic mass is 10.1. The maximum Gasteiger partial charge on any atom is 0.113 e. The van der Waals surface area contributed by atoms with Crippen LogP contribution in [0.5, 0.6) is 0 Å². The average molecular weight is 251 g/mol. The summed E-state index contributed by atoms with van der Waals surface area (Å²) in [6.45, 7) is 0.812. The van der Waals surface area contributed by atoms with Crippen molar-refractivity contribution in [2.24, 2.45) is 7.05 Å². The van der Waals surface area contributed by atoms with Crippen LogP contribution in [0.2, 0.25) is 0 Å². The van der Waals surface area contributed by atoms with Gasteiger partial charge in [0.15, 0.2) is 0 Å². The summed E-state index contributed by atoms with van der Waals surface area (Å²) in [5.41, 5.74) is 5.82. The van der Waals surface area contributed by atoms with Gasteiger partial charge < -0.3 is 10.3 Å². The van der Waals surface area contributed by atoms with Crippen LogP contribution in [0, 0.1) is 0 Å². The Kier molecular flexibility index (Phi) is 2.03. The largest absolute Gasteiger partial charge is 0.367 e. The second kappa shape index (κ2) is 3.71. The molecule has 3 aromatic rings. The van der Waals surface area contributed by atoms with Crippen LogP contribution in [0.4, 0.5) is 5.82 Å². The molecule has 0 spiro atoms. The molecule has 5 heteroatoms. The van der Waals surface area contributed by atoms with Gasteiger partial charge in [-0.1, -0.05) is 0 Å². The highest BCUT2D eigenvalue weighted by atomic mass is 15.3. The number of fused-ring (bicyclic) bond motifs is 3. The molecule has 94 valence electrons. The first-order chi connectivity index (χ1) is 9.33. The predicted octanol–water partition coefficient (Wildman–Crippen LogP) is 2.40. The van der Waals surface area contributed by atoms with Crippen LogP contribution in [0.1, 0.15) is 5.56 Å². The molecule has 0 unspecified atom stereocenters. The fourth-order valence-electron chi connectivity index (χ4n) is 2.61. The van der Waals surface area contributed by atoms with Crippen molar-refractivity contribution in [2.75, 3.05) is 5.32 Å². The molecule has 0 aliphatic carbocycles. The van der Waals surface area contributed by atoms with Crippen LogP contribution in [-0.2, 0) is 13.6 Å². The Labute approximate surface area is 110 Å². The number of aromatic nitrogens is 4. The third kappa shape index (κ3) is 1.48. The molecule has 4 heterocycles. The monoisotopic (exact) mass is 251 g/mol. The summed E-state index contributed by atoms with van der Waals surface area (Å²) < 4.78 is 1.93. The molecule has 0 saturated carbocycles. The van der Waals surface area contributed by atoms with Crippen molar-refractivity contribution in [3.05, 3.63) is 42.4 Å². The van der Waals surface area contributed by atoms with E-state index in [0.717, 1.165) is 23.6 Å². The Morgan fingerprint density at radius 1 is 1.26 bits per heavy atom. The van der Waals surface area contributed by atoms with E-state index in [0.29, 0.717) is 0 Å². The normalized spacial score (nSPS) is 12.7. The standard InChI is InChI=1S/C14H13N5/c1-19-13-10(8-17-19)7-16-14-11(13)6-12(18-14)9-2-4-15-5-3-9/h2-6,8,16,18H,7H2,1H3. The molecule has 0 amide bonds. The Morgan fingerprint density at radius 3 is 2.95 bits per heavy atom. The minimum absolute atomic E-state index is 0.812. The number of nitrogens with zero attached hydrogens (tertiary/aromatic N) is 3. The van der Waals surface area contributed by atoms with Gasteiger partial charge in [0.2, 0.25) is 0 Å². The van der Waals surface area contributed by atoms with E-state index in [1.54, 1.807) is 12.4 Å². The number of pyridine rings is 1. The van der Waals surface area contributed by atoms with Gasteiger partial charge in [0, 0.05) is 48.4 Å². The zero-order chi connectivity index (χ0) is 12.8. The number of anilines is 1. The van der Waals surface area contributed by atoms with Crippen LogP contribution in [-0.4, -0.2) is 19.7 Å². The molecular weight excluding hydrogens is 238 g/mol. The van der Waals surface area contributed by atoms with E-state index in [9.17, 15) is 0 Å². The molecule has 0 radical (unpaired) electrons. The van der Waals surface area contributed by atoms with Crippen LogP contribution >= 0.6 is 0 Å². The molecule has 5 nitrogen and oxygen atoms in total. The maximum atomic E-state index is 4.33. The second-order valence-electron chi connectivity index (χ2n) is 4.70. The minimum atomic E-state index is 0.812. The molecule has 0 fully saturated rings. The molecule has 1 aliphatic rings. The van der Waals surface area contributed by atoms with Gasteiger partial charge in [-0.3, -0.25) is 9.67 Å². The van der Waals surface area contributed by atoms with Gasteiger partial charge in [0.1, 0.15) is 5.82 Å². The van der Waals surface area contributed by atoms with E-state index in [1.807, 2.05) is 30.1 Å². The van der Waals surface area contributed by atoms with E-state index in [2.05, 4.69) is 26.4 Å². The number of aromatic amines is 1. The lowest BCUT2D eigenvalue weighted by Gasteiger charge is -2.14. The molecule has 3 aromatic heterocycles. The first-order valence-electron chi connectivity index (χ1n) is 6.21. The number of hydrogen-bond donors (Lipinski definition) is 2. The fourth-order valence-corrected chi connectivity index (χ4v) is 2.61. The van der Waals surface area contributed by atoms with Crippen molar-refractivity contribution in [3.8, 4) is 22.5 Å². The summed E-state index contributed by atoms with van der Waals surface area (Å²) in [6, 6.07) is 6.17. The number of rotatable bonds is 1. The van der Waals surface area contributed by atoms with Crippen molar-refractivity contribution in [3.63, 3.8) is 0 Å². The van der Waals surface area contributed by atoms with Gasteiger partial charge in [-0.25, -0.2) is 0 Å². The van der Waals surface area contributed by atoms with Gasteiger partial charge in [0.05, 0.1) is 11.9 Å². The number of nitrogens with one attached hydrogen (secondary N) is 2. The fraction of sp³-hybridized carbons (Fsp3) is 0.143. The summed E-state index contributed by atoms with van der Waals surface area (Å²) in [4.78, 5) is 7.48. The summed E-state index contributed by atoms with van der Waals surface area (Å²) in [7, 11) is 1.98. The molecule has 2 N–H and O–H groups in total. The van der Waals surface area contributed by atoms with Crippen LogP contribution in [0.3, 0.4) is 0 Å². The summed E-state index contributed by atoms with van der Waals surface area (Å²) in [6.07, 6.45) is 5.53. The third-order valence-electron chi connectivity index (χ3n) is 3.53. The van der Waals surface area contributed by atoms with Gasteiger partial charge in [0.25, 0.3) is 0 Å². The molecule has 1 aliphatic heterocycles. The van der Waals surface area contributed by atoms with E-state index >= 15 is 0 Å². The first-order valence-corrected chi connectivity index (χ1v) is 6.21. The summed E-state index contributed by atoms with van der Waals surface area (Å²) >= 11 is 0. The quantitative estimate of drug-likeness (QED) is 0.698. The Hall–Kier alpha value is -2.56. The van der Waals surface area contributed by atoms with E-state index < -0.39 is 0 Å². The van der Waals surface area contributed by atoms with Gasteiger partial charge in [-0.2, -0.15) is 5.10 Å². The van der Waals surface area contributed by atoms with Crippen LogP contribution in [0.15, 0.2) is 36.8 Å². The van der Waals surface area contributed by atoms with Crippen molar-refractivity contribution >= 4 is 5.82 Å². The maximum absolute atomic E-state index is 4.33. The number of H-pyrrole nitrogens is 1. The Balaban J connectivity index is 1.90. The molecule has 4 rings (SSSR count). The van der Waals surface area contributed by atoms with Crippen LogP contribution in [0.25, 0.3) is 22.5 Å². The molecule has 0 saturated heterocycles. The third-order valence-corrected chi connectivity index (χ3v) is 3.53. The van der Waals surface area contributed by atoms with Gasteiger partial charge >= 0.3 is 0 Å². The molecule has 0 bridgehead atoms.